The van der Waals surface area contributed by atoms with Gasteiger partial charge in [0.15, 0.2) is 0 Å². The largest absolute Gasteiger partial charge is 0.353 e. The molecule has 1 aliphatic heterocycles. The van der Waals surface area contributed by atoms with Crippen LogP contribution in [0.15, 0.2) is 0 Å². The number of hydrogen-bond acceptors (Lipinski definition) is 4. The van der Waals surface area contributed by atoms with E-state index in [0.29, 0.717) is 32.5 Å². The lowest BCUT2D eigenvalue weighted by atomic mass is 9.73. The molecule has 0 aromatic heterocycles. The molecule has 2 rings (SSSR count). The Labute approximate surface area is 127 Å². The Hall–Kier alpha value is -0.660. The topological polar surface area (TPSA) is 92.5 Å². The minimum absolute atomic E-state index is 0.0702. The second-order valence-corrected chi connectivity index (χ2v) is 8.44. The van der Waals surface area contributed by atoms with Gasteiger partial charge in [-0.2, -0.15) is 0 Å². The zero-order chi connectivity index (χ0) is 15.5. The van der Waals surface area contributed by atoms with Gasteiger partial charge in [-0.25, -0.2) is 12.7 Å². The molecule has 0 radical (unpaired) electrons. The third kappa shape index (κ3) is 3.96. The Morgan fingerprint density at radius 3 is 2.29 bits per heavy atom. The van der Waals surface area contributed by atoms with E-state index in [1.807, 2.05) is 0 Å². The predicted octanol–water partition coefficient (Wildman–Crippen LogP) is 0.436. The quantitative estimate of drug-likeness (QED) is 0.787. The van der Waals surface area contributed by atoms with Gasteiger partial charge < -0.3 is 11.1 Å². The van der Waals surface area contributed by atoms with Crippen molar-refractivity contribution in [1.82, 2.24) is 9.62 Å². The molecule has 0 aromatic carbocycles. The maximum absolute atomic E-state index is 12.6. The van der Waals surface area contributed by atoms with Crippen molar-refractivity contribution >= 4 is 15.9 Å². The van der Waals surface area contributed by atoms with E-state index in [0.717, 1.165) is 25.7 Å². The molecule has 1 saturated heterocycles. The lowest BCUT2D eigenvalue weighted by molar-refractivity contribution is -0.133. The fourth-order valence-electron chi connectivity index (χ4n) is 3.42. The smallest absolute Gasteiger partial charge is 0.227 e. The van der Waals surface area contributed by atoms with Crippen LogP contribution in [0.2, 0.25) is 0 Å². The van der Waals surface area contributed by atoms with Crippen molar-refractivity contribution < 1.29 is 13.2 Å². The summed E-state index contributed by atoms with van der Waals surface area (Å²) in [4.78, 5) is 12.6. The highest BCUT2D eigenvalue weighted by Gasteiger charge is 2.39. The van der Waals surface area contributed by atoms with E-state index in [1.54, 1.807) is 0 Å². The van der Waals surface area contributed by atoms with E-state index >= 15 is 0 Å². The molecule has 1 aliphatic carbocycles. The molecule has 3 N–H and O–H groups in total. The van der Waals surface area contributed by atoms with E-state index in [1.165, 1.54) is 17.0 Å². The van der Waals surface area contributed by atoms with Crippen molar-refractivity contribution in [1.29, 1.82) is 0 Å². The Morgan fingerprint density at radius 2 is 1.81 bits per heavy atom. The van der Waals surface area contributed by atoms with Crippen molar-refractivity contribution in [2.24, 2.45) is 11.1 Å². The van der Waals surface area contributed by atoms with Gasteiger partial charge >= 0.3 is 0 Å². The van der Waals surface area contributed by atoms with E-state index in [-0.39, 0.29) is 11.9 Å². The van der Waals surface area contributed by atoms with Crippen LogP contribution in [-0.4, -0.2) is 50.6 Å². The molecule has 1 amide bonds. The molecule has 21 heavy (non-hydrogen) atoms. The van der Waals surface area contributed by atoms with Crippen LogP contribution >= 0.6 is 0 Å². The summed E-state index contributed by atoms with van der Waals surface area (Å²) in [6.07, 6.45) is 7.65. The van der Waals surface area contributed by atoms with Gasteiger partial charge in [0.2, 0.25) is 15.9 Å². The average molecular weight is 317 g/mol. The molecule has 0 aromatic rings. The van der Waals surface area contributed by atoms with Crippen LogP contribution < -0.4 is 11.1 Å². The molecule has 2 aliphatic rings. The molecule has 122 valence electrons. The zero-order valence-corrected chi connectivity index (χ0v) is 13.6. The number of amides is 1. The highest BCUT2D eigenvalue weighted by molar-refractivity contribution is 7.88. The van der Waals surface area contributed by atoms with Crippen molar-refractivity contribution in [2.45, 2.75) is 51.0 Å². The van der Waals surface area contributed by atoms with Crippen LogP contribution in [0.4, 0.5) is 0 Å². The summed E-state index contributed by atoms with van der Waals surface area (Å²) in [7, 11) is -3.11. The van der Waals surface area contributed by atoms with Gasteiger partial charge in [-0.1, -0.05) is 19.3 Å². The number of nitrogens with one attached hydrogen (secondary N) is 1. The van der Waals surface area contributed by atoms with Gasteiger partial charge in [0.1, 0.15) is 0 Å². The number of nitrogens with two attached hydrogens (primary N) is 1. The van der Waals surface area contributed by atoms with Crippen molar-refractivity contribution in [2.75, 3.05) is 25.9 Å². The summed E-state index contributed by atoms with van der Waals surface area (Å²) < 4.78 is 24.4. The van der Waals surface area contributed by atoms with Crippen LogP contribution in [0.25, 0.3) is 0 Å². The first-order chi connectivity index (χ1) is 9.87. The summed E-state index contributed by atoms with van der Waals surface area (Å²) in [6, 6.07) is 0.0702. The Morgan fingerprint density at radius 1 is 1.24 bits per heavy atom. The van der Waals surface area contributed by atoms with Crippen LogP contribution in [0.5, 0.6) is 0 Å². The number of piperidine rings is 1. The van der Waals surface area contributed by atoms with Crippen molar-refractivity contribution in [3.05, 3.63) is 0 Å². The molecule has 0 unspecified atom stereocenters. The van der Waals surface area contributed by atoms with Gasteiger partial charge in [0.05, 0.1) is 11.7 Å². The maximum Gasteiger partial charge on any atom is 0.227 e. The van der Waals surface area contributed by atoms with Gasteiger partial charge in [-0.15, -0.1) is 0 Å². The highest BCUT2D eigenvalue weighted by atomic mass is 32.2. The SMILES string of the molecule is CS(=O)(=O)N1CCC(NC(=O)C2(CN)CCCCC2)CC1. The number of rotatable bonds is 4. The number of carbonyl (C=O) groups excluding carboxylic acids is 1. The fourth-order valence-corrected chi connectivity index (χ4v) is 4.30. The number of nitrogens with zero attached hydrogens (tertiary/aromatic N) is 1. The molecular formula is C14H27N3O3S. The summed E-state index contributed by atoms with van der Waals surface area (Å²) in [5.41, 5.74) is 5.48. The van der Waals surface area contributed by atoms with Crippen LogP contribution in [0, 0.1) is 5.41 Å². The van der Waals surface area contributed by atoms with E-state index < -0.39 is 15.4 Å². The minimum atomic E-state index is -3.11. The molecule has 2 fully saturated rings. The Kier molecular flexibility index (Phi) is 5.27. The summed E-state index contributed by atoms with van der Waals surface area (Å²) >= 11 is 0. The predicted molar refractivity (Wildman–Crippen MR) is 82.2 cm³/mol. The summed E-state index contributed by atoms with van der Waals surface area (Å²) in [5.74, 6) is 0.0718. The number of sulfonamides is 1. The highest BCUT2D eigenvalue weighted by Crippen LogP contribution is 2.35. The maximum atomic E-state index is 12.6. The molecule has 1 heterocycles. The Bertz CT molecular complexity index is 464. The molecule has 0 bridgehead atoms. The number of hydrogen-bond donors (Lipinski definition) is 2. The van der Waals surface area contributed by atoms with Gasteiger partial charge in [0.25, 0.3) is 0 Å². The van der Waals surface area contributed by atoms with Gasteiger partial charge in [-0.05, 0) is 25.7 Å². The van der Waals surface area contributed by atoms with Crippen LogP contribution in [0.3, 0.4) is 0 Å². The third-order valence-corrected chi connectivity index (χ3v) is 6.24. The minimum Gasteiger partial charge on any atom is -0.353 e. The molecule has 0 atom stereocenters. The molecule has 6 nitrogen and oxygen atoms in total. The van der Waals surface area contributed by atoms with E-state index in [4.69, 9.17) is 5.73 Å². The van der Waals surface area contributed by atoms with Gasteiger partial charge in [0, 0.05) is 25.7 Å². The first-order valence-electron chi connectivity index (χ1n) is 7.83. The Balaban J connectivity index is 1.89. The number of carbonyl (C=O) groups is 1. The lowest BCUT2D eigenvalue weighted by Gasteiger charge is -2.37. The normalized spacial score (nSPS) is 24.7. The monoisotopic (exact) mass is 317 g/mol. The first kappa shape index (κ1) is 16.7. The third-order valence-electron chi connectivity index (χ3n) is 4.94. The standard InChI is InChI=1S/C14H27N3O3S/c1-21(19,20)17-9-5-12(6-10-17)16-13(18)14(11-15)7-3-2-4-8-14/h12H,2-11,15H2,1H3,(H,16,18). The van der Waals surface area contributed by atoms with E-state index in [9.17, 15) is 13.2 Å². The van der Waals surface area contributed by atoms with Crippen LogP contribution in [-0.2, 0) is 14.8 Å². The molecule has 7 heteroatoms. The summed E-state index contributed by atoms with van der Waals surface area (Å²) in [5, 5.41) is 3.11. The van der Waals surface area contributed by atoms with Crippen LogP contribution in [0.1, 0.15) is 44.9 Å². The lowest BCUT2D eigenvalue weighted by Crippen LogP contribution is -2.53. The average Bonchev–Trinajstić information content (AvgIpc) is 2.47. The second kappa shape index (κ2) is 6.62. The summed E-state index contributed by atoms with van der Waals surface area (Å²) in [6.45, 7) is 1.37. The molecule has 0 spiro atoms. The first-order valence-corrected chi connectivity index (χ1v) is 9.68. The van der Waals surface area contributed by atoms with E-state index in [2.05, 4.69) is 5.32 Å². The van der Waals surface area contributed by atoms with Crippen molar-refractivity contribution in [3.63, 3.8) is 0 Å². The zero-order valence-electron chi connectivity index (χ0n) is 12.8. The molecule has 1 saturated carbocycles. The van der Waals surface area contributed by atoms with Gasteiger partial charge in [-0.3, -0.25) is 4.79 Å². The molecular weight excluding hydrogens is 290 g/mol. The second-order valence-electron chi connectivity index (χ2n) is 6.45. The van der Waals surface area contributed by atoms with Crippen molar-refractivity contribution in [3.8, 4) is 0 Å². The fraction of sp³-hybridized carbons (Fsp3) is 0.929.